The molecule has 6 aliphatic carbocycles. The van der Waals surface area contributed by atoms with E-state index in [0.717, 1.165) is 68.1 Å². The Hall–Kier alpha value is -0.120. The first kappa shape index (κ1) is 26.0. The maximum atomic E-state index is 5.65. The van der Waals surface area contributed by atoms with Crippen molar-refractivity contribution in [1.29, 1.82) is 0 Å². The third-order valence-corrected chi connectivity index (χ3v) is 11.6. The number of nitrogens with one attached hydrogen (secondary N) is 2. The first-order chi connectivity index (χ1) is 15.8. The van der Waals surface area contributed by atoms with Gasteiger partial charge in [0.05, 0.1) is 0 Å². The molecule has 6 rings (SSSR count). The molecular weight excluding hydrogens is 402 g/mol. The summed E-state index contributed by atoms with van der Waals surface area (Å²) < 4.78 is 0. The Bertz CT molecular complexity index is 539. The van der Waals surface area contributed by atoms with E-state index in [0.29, 0.717) is 16.9 Å². The highest BCUT2D eigenvalue weighted by atomic mass is 15.0. The zero-order chi connectivity index (χ0) is 23.5. The fourth-order valence-electron chi connectivity index (χ4n) is 9.39. The highest BCUT2D eigenvalue weighted by Gasteiger charge is 2.49. The minimum Gasteiger partial charge on any atom is -0.330 e. The van der Waals surface area contributed by atoms with E-state index in [4.69, 9.17) is 5.73 Å². The molecule has 6 saturated carbocycles. The number of fused-ring (bicyclic) bond motifs is 6. The first-order valence-electron chi connectivity index (χ1n) is 15.0. The SMILES string of the molecule is CC1(C)C2CCC(CC2)C1CCC(CCC1C2CCC(CC2)C1(C)C)NCCNCCCN. The summed E-state index contributed by atoms with van der Waals surface area (Å²) in [4.78, 5) is 0. The van der Waals surface area contributed by atoms with Crippen LogP contribution in [0, 0.1) is 46.3 Å². The van der Waals surface area contributed by atoms with Crippen LogP contribution in [-0.2, 0) is 0 Å². The van der Waals surface area contributed by atoms with Crippen LogP contribution in [0.4, 0.5) is 0 Å². The lowest BCUT2D eigenvalue weighted by Crippen LogP contribution is -2.47. The van der Waals surface area contributed by atoms with E-state index in [9.17, 15) is 0 Å². The largest absolute Gasteiger partial charge is 0.330 e. The van der Waals surface area contributed by atoms with Crippen LogP contribution in [0.3, 0.4) is 0 Å². The molecular formula is C30H57N3. The third-order valence-electron chi connectivity index (χ3n) is 11.6. The van der Waals surface area contributed by atoms with Crippen LogP contribution in [0.15, 0.2) is 0 Å². The van der Waals surface area contributed by atoms with Crippen LogP contribution in [-0.4, -0.2) is 32.2 Å². The predicted octanol–water partition coefficient (Wildman–Crippen LogP) is 6.37. The Morgan fingerprint density at radius 3 is 1.61 bits per heavy atom. The molecule has 192 valence electrons. The van der Waals surface area contributed by atoms with Gasteiger partial charge in [-0.15, -0.1) is 0 Å². The molecule has 0 saturated heterocycles. The van der Waals surface area contributed by atoms with Crippen molar-refractivity contribution in [3.63, 3.8) is 0 Å². The fourth-order valence-corrected chi connectivity index (χ4v) is 9.39. The Kier molecular flexibility index (Phi) is 8.88. The van der Waals surface area contributed by atoms with Gasteiger partial charge in [0.1, 0.15) is 0 Å². The smallest absolute Gasteiger partial charge is 0.00793 e. The van der Waals surface area contributed by atoms with Crippen LogP contribution >= 0.6 is 0 Å². The zero-order valence-electron chi connectivity index (χ0n) is 22.6. The quantitative estimate of drug-likeness (QED) is 0.281. The van der Waals surface area contributed by atoms with Gasteiger partial charge in [-0.1, -0.05) is 27.7 Å². The van der Waals surface area contributed by atoms with Crippen LogP contribution in [0.5, 0.6) is 0 Å². The lowest BCUT2D eigenvalue weighted by atomic mass is 9.50. The Morgan fingerprint density at radius 1 is 0.697 bits per heavy atom. The standard InChI is InChI=1S/C30H57N3/c1-29(2)24-10-6-22(7-11-24)27(29)16-14-26(33-21-20-32-19-5-18-31)15-17-28-23-8-12-25(13-9-23)30(28,3)4/h22-28,32-33H,5-21,31H2,1-4H3. The molecule has 2 unspecified atom stereocenters. The van der Waals surface area contributed by atoms with Gasteiger partial charge >= 0.3 is 0 Å². The molecule has 0 spiro atoms. The Morgan fingerprint density at radius 2 is 1.18 bits per heavy atom. The molecule has 33 heavy (non-hydrogen) atoms. The summed E-state index contributed by atoms with van der Waals surface area (Å²) in [5.74, 6) is 5.92. The maximum Gasteiger partial charge on any atom is 0.00793 e. The third kappa shape index (κ3) is 5.83. The van der Waals surface area contributed by atoms with Crippen molar-refractivity contribution in [1.82, 2.24) is 10.6 Å². The van der Waals surface area contributed by atoms with Gasteiger partial charge in [0.25, 0.3) is 0 Å². The normalized spacial score (nSPS) is 37.4. The summed E-state index contributed by atoms with van der Waals surface area (Å²) in [6.45, 7) is 14.5. The van der Waals surface area contributed by atoms with Gasteiger partial charge in [0, 0.05) is 19.1 Å². The van der Waals surface area contributed by atoms with E-state index in [-0.39, 0.29) is 0 Å². The lowest BCUT2D eigenvalue weighted by Gasteiger charge is -2.55. The Balaban J connectivity index is 1.32. The van der Waals surface area contributed by atoms with Gasteiger partial charge in [0.2, 0.25) is 0 Å². The van der Waals surface area contributed by atoms with Gasteiger partial charge in [-0.2, -0.15) is 0 Å². The molecule has 2 atom stereocenters. The monoisotopic (exact) mass is 459 g/mol. The summed E-state index contributed by atoms with van der Waals surface area (Å²) in [6.07, 6.45) is 18.8. The van der Waals surface area contributed by atoms with Crippen molar-refractivity contribution in [2.45, 2.75) is 117 Å². The van der Waals surface area contributed by atoms with Gasteiger partial charge in [-0.25, -0.2) is 0 Å². The van der Waals surface area contributed by atoms with Crippen LogP contribution in [0.1, 0.15) is 111 Å². The molecule has 0 heterocycles. The molecule has 6 fully saturated rings. The van der Waals surface area contributed by atoms with E-state index >= 15 is 0 Å². The van der Waals surface area contributed by atoms with E-state index in [2.05, 4.69) is 38.3 Å². The number of hydrogen-bond acceptors (Lipinski definition) is 3. The van der Waals surface area contributed by atoms with Crippen molar-refractivity contribution >= 4 is 0 Å². The fraction of sp³-hybridized carbons (Fsp3) is 1.00. The molecule has 0 aromatic carbocycles. The van der Waals surface area contributed by atoms with Crippen molar-refractivity contribution in [3.8, 4) is 0 Å². The van der Waals surface area contributed by atoms with Crippen LogP contribution in [0.25, 0.3) is 0 Å². The van der Waals surface area contributed by atoms with Crippen molar-refractivity contribution in [2.75, 3.05) is 26.2 Å². The predicted molar refractivity (Wildman–Crippen MR) is 142 cm³/mol. The highest BCUT2D eigenvalue weighted by molar-refractivity contribution is 5.00. The van der Waals surface area contributed by atoms with Gasteiger partial charge in [-0.05, 0) is 143 Å². The molecule has 3 nitrogen and oxygen atoms in total. The van der Waals surface area contributed by atoms with E-state index < -0.39 is 0 Å². The second-order valence-electron chi connectivity index (χ2n) is 13.8. The highest BCUT2D eigenvalue weighted by Crippen LogP contribution is 2.58. The van der Waals surface area contributed by atoms with Crippen molar-refractivity contribution in [2.24, 2.45) is 52.1 Å². The topological polar surface area (TPSA) is 50.1 Å². The van der Waals surface area contributed by atoms with E-state index in [1.807, 2.05) is 0 Å². The van der Waals surface area contributed by atoms with Gasteiger partial charge in [-0.3, -0.25) is 0 Å². The molecule has 0 aliphatic heterocycles. The number of hydrogen-bond donors (Lipinski definition) is 3. The average molecular weight is 460 g/mol. The van der Waals surface area contributed by atoms with Crippen LogP contribution in [0.2, 0.25) is 0 Å². The average Bonchev–Trinajstić information content (AvgIpc) is 2.80. The molecule has 0 aromatic heterocycles. The van der Waals surface area contributed by atoms with E-state index in [1.54, 1.807) is 0 Å². The number of rotatable bonds is 13. The van der Waals surface area contributed by atoms with E-state index in [1.165, 1.54) is 77.0 Å². The molecule has 4 bridgehead atoms. The van der Waals surface area contributed by atoms with Gasteiger partial charge in [0.15, 0.2) is 0 Å². The second-order valence-corrected chi connectivity index (χ2v) is 13.8. The van der Waals surface area contributed by atoms with Crippen molar-refractivity contribution in [3.05, 3.63) is 0 Å². The molecule has 0 amide bonds. The maximum absolute atomic E-state index is 5.65. The molecule has 0 aromatic rings. The second kappa shape index (κ2) is 11.3. The Labute approximate surface area is 206 Å². The summed E-state index contributed by atoms with van der Waals surface area (Å²) in [5.41, 5.74) is 6.79. The minimum atomic E-state index is 0.569. The molecule has 0 radical (unpaired) electrons. The van der Waals surface area contributed by atoms with Crippen molar-refractivity contribution < 1.29 is 0 Å². The molecule has 6 aliphatic rings. The summed E-state index contributed by atoms with van der Waals surface area (Å²) in [7, 11) is 0. The summed E-state index contributed by atoms with van der Waals surface area (Å²) in [6, 6.07) is 0.703. The van der Waals surface area contributed by atoms with Gasteiger partial charge < -0.3 is 16.4 Å². The summed E-state index contributed by atoms with van der Waals surface area (Å²) >= 11 is 0. The number of nitrogens with two attached hydrogens (primary N) is 1. The minimum absolute atomic E-state index is 0.569. The lowest BCUT2D eigenvalue weighted by molar-refractivity contribution is -0.0522. The molecule has 4 N–H and O–H groups in total. The zero-order valence-corrected chi connectivity index (χ0v) is 22.6. The molecule has 3 heteroatoms. The summed E-state index contributed by atoms with van der Waals surface area (Å²) in [5, 5.41) is 7.61. The van der Waals surface area contributed by atoms with Crippen LogP contribution < -0.4 is 16.4 Å². The first-order valence-corrected chi connectivity index (χ1v) is 15.0.